The molecule has 1 N–H and O–H groups in total. The second kappa shape index (κ2) is 9.09. The molecule has 0 radical (unpaired) electrons. The predicted molar refractivity (Wildman–Crippen MR) is 128 cm³/mol. The molecule has 3 fully saturated rings. The van der Waals surface area contributed by atoms with Crippen molar-refractivity contribution in [2.45, 2.75) is 38.0 Å². The van der Waals surface area contributed by atoms with Gasteiger partial charge in [0.15, 0.2) is 6.10 Å². The van der Waals surface area contributed by atoms with Crippen molar-refractivity contribution in [2.75, 3.05) is 37.7 Å². The summed E-state index contributed by atoms with van der Waals surface area (Å²) in [5.41, 5.74) is 1.97. The van der Waals surface area contributed by atoms with E-state index in [9.17, 15) is 19.5 Å². The summed E-state index contributed by atoms with van der Waals surface area (Å²) in [5, 5.41) is 9.40. The van der Waals surface area contributed by atoms with Crippen molar-refractivity contribution in [2.24, 2.45) is 5.92 Å². The van der Waals surface area contributed by atoms with Gasteiger partial charge in [-0.15, -0.1) is 0 Å². The van der Waals surface area contributed by atoms with E-state index in [4.69, 9.17) is 9.47 Å². The van der Waals surface area contributed by atoms with Gasteiger partial charge in [0.05, 0.1) is 18.9 Å². The number of rotatable bonds is 8. The van der Waals surface area contributed by atoms with Gasteiger partial charge in [-0.3, -0.25) is 14.4 Å². The van der Waals surface area contributed by atoms with Crippen LogP contribution in [-0.2, 0) is 16.1 Å². The maximum Gasteiger partial charge on any atom is 0.268 e. The van der Waals surface area contributed by atoms with Crippen molar-refractivity contribution in [1.82, 2.24) is 14.8 Å². The minimum Gasteiger partial charge on any atom is -0.479 e. The average molecular weight is 493 g/mol. The highest BCUT2D eigenvalue weighted by Crippen LogP contribution is 2.32. The number of pyridine rings is 1. The molecule has 10 heteroatoms. The molecule has 1 saturated carbocycles. The van der Waals surface area contributed by atoms with Gasteiger partial charge < -0.3 is 29.3 Å². The number of aliphatic hydroxyl groups is 1. The van der Waals surface area contributed by atoms with E-state index in [2.05, 4.69) is 4.98 Å². The number of fused-ring (bicyclic) bond motifs is 1. The maximum atomic E-state index is 13.1. The summed E-state index contributed by atoms with van der Waals surface area (Å²) in [5.74, 6) is 1.13. The van der Waals surface area contributed by atoms with E-state index >= 15 is 0 Å². The SMILES string of the molecule is O=C(CN1Cc2ccc(N3CCC(Oc4ccc(OCC5CC5)nc4)C3=O)cc2C1=O)N1CC(O)C1. The van der Waals surface area contributed by atoms with Gasteiger partial charge in [0.1, 0.15) is 12.3 Å². The third-order valence-electron chi connectivity index (χ3n) is 7.13. The van der Waals surface area contributed by atoms with E-state index in [0.717, 1.165) is 5.56 Å². The van der Waals surface area contributed by atoms with Crippen LogP contribution in [0.4, 0.5) is 5.69 Å². The van der Waals surface area contributed by atoms with Gasteiger partial charge in [0, 0.05) is 49.9 Å². The maximum absolute atomic E-state index is 13.1. The second-order valence-electron chi connectivity index (χ2n) is 9.93. The first-order chi connectivity index (χ1) is 17.4. The van der Waals surface area contributed by atoms with Crippen LogP contribution in [0.5, 0.6) is 11.6 Å². The molecule has 1 aliphatic carbocycles. The molecule has 1 unspecified atom stereocenters. The van der Waals surface area contributed by atoms with Crippen LogP contribution in [-0.4, -0.2) is 82.6 Å². The zero-order valence-corrected chi connectivity index (χ0v) is 19.8. The summed E-state index contributed by atoms with van der Waals surface area (Å²) in [4.78, 5) is 47.3. The van der Waals surface area contributed by atoms with Crippen LogP contribution in [0.25, 0.3) is 0 Å². The molecule has 2 saturated heterocycles. The number of β-amino-alcohol motifs (C(OH)–C–C–N with tert-alkyl or cyclic N) is 1. The lowest BCUT2D eigenvalue weighted by atomic mass is 10.1. The Bertz CT molecular complexity index is 1190. The Balaban J connectivity index is 1.07. The van der Waals surface area contributed by atoms with Crippen LogP contribution in [0.1, 0.15) is 35.2 Å². The van der Waals surface area contributed by atoms with Gasteiger partial charge in [0.25, 0.3) is 11.8 Å². The first-order valence-corrected chi connectivity index (χ1v) is 12.4. The molecular formula is C26H28N4O6. The van der Waals surface area contributed by atoms with E-state index in [-0.39, 0.29) is 24.3 Å². The van der Waals surface area contributed by atoms with Gasteiger partial charge in [-0.2, -0.15) is 0 Å². The van der Waals surface area contributed by atoms with Crippen molar-refractivity contribution < 1.29 is 29.0 Å². The molecule has 4 aliphatic rings. The summed E-state index contributed by atoms with van der Waals surface area (Å²) in [6.45, 7) is 2.12. The van der Waals surface area contributed by atoms with E-state index < -0.39 is 12.2 Å². The Hall–Kier alpha value is -3.66. The fraction of sp³-hybridized carbons (Fsp3) is 0.462. The topological polar surface area (TPSA) is 113 Å². The number of nitrogens with zero attached hydrogens (tertiary/aromatic N) is 4. The third-order valence-corrected chi connectivity index (χ3v) is 7.13. The predicted octanol–water partition coefficient (Wildman–Crippen LogP) is 1.21. The highest BCUT2D eigenvalue weighted by Gasteiger charge is 2.37. The standard InChI is InChI=1S/C26H28N4O6/c31-19-12-28(13-19)24(32)14-29-11-17-3-4-18(9-21(17)25(29)33)30-8-7-22(26(30)34)36-20-5-6-23(27-10-20)35-15-16-1-2-16/h3-6,9-10,16,19,22,31H,1-2,7-8,11-15H2. The number of aromatic nitrogens is 1. The lowest BCUT2D eigenvalue weighted by molar-refractivity contribution is -0.141. The number of carbonyl (C=O) groups excluding carboxylic acids is 3. The molecule has 2 aromatic rings. The van der Waals surface area contributed by atoms with Crippen molar-refractivity contribution in [3.05, 3.63) is 47.7 Å². The number of hydrogen-bond donors (Lipinski definition) is 1. The highest BCUT2D eigenvalue weighted by atomic mass is 16.5. The number of ether oxygens (including phenoxy) is 2. The van der Waals surface area contributed by atoms with Gasteiger partial charge in [-0.25, -0.2) is 4.98 Å². The smallest absolute Gasteiger partial charge is 0.268 e. The fourth-order valence-electron chi connectivity index (χ4n) is 4.76. The summed E-state index contributed by atoms with van der Waals surface area (Å²) in [7, 11) is 0. The van der Waals surface area contributed by atoms with Crippen molar-refractivity contribution >= 4 is 23.4 Å². The minimum atomic E-state index is -0.630. The Kier molecular flexibility index (Phi) is 5.75. The molecule has 36 heavy (non-hydrogen) atoms. The van der Waals surface area contributed by atoms with Crippen LogP contribution >= 0.6 is 0 Å². The first-order valence-electron chi connectivity index (χ1n) is 12.4. The molecule has 0 spiro atoms. The number of anilines is 1. The highest BCUT2D eigenvalue weighted by molar-refractivity contribution is 6.03. The lowest BCUT2D eigenvalue weighted by Crippen LogP contribution is -2.55. The summed E-state index contributed by atoms with van der Waals surface area (Å²) in [6, 6.07) is 8.91. The number of benzene rings is 1. The van der Waals surface area contributed by atoms with Crippen molar-refractivity contribution in [3.63, 3.8) is 0 Å². The van der Waals surface area contributed by atoms with E-state index in [0.29, 0.717) is 68.0 Å². The average Bonchev–Trinajstić information content (AvgIpc) is 3.56. The monoisotopic (exact) mass is 492 g/mol. The molecule has 4 heterocycles. The quantitative estimate of drug-likeness (QED) is 0.590. The second-order valence-corrected chi connectivity index (χ2v) is 9.93. The Morgan fingerprint density at radius 3 is 2.67 bits per heavy atom. The number of aliphatic hydroxyl groups excluding tert-OH is 1. The first kappa shape index (κ1) is 22.8. The molecule has 3 amide bonds. The largest absolute Gasteiger partial charge is 0.479 e. The molecule has 1 aromatic heterocycles. The van der Waals surface area contributed by atoms with Gasteiger partial charge >= 0.3 is 0 Å². The number of carbonyl (C=O) groups is 3. The van der Waals surface area contributed by atoms with Crippen LogP contribution in [0.15, 0.2) is 36.5 Å². The fourth-order valence-corrected chi connectivity index (χ4v) is 4.76. The molecule has 10 nitrogen and oxygen atoms in total. The van der Waals surface area contributed by atoms with Crippen LogP contribution in [0.2, 0.25) is 0 Å². The number of likely N-dealkylation sites (tertiary alicyclic amines) is 1. The molecule has 3 aliphatic heterocycles. The number of amides is 3. The lowest BCUT2D eigenvalue weighted by Gasteiger charge is -2.36. The molecular weight excluding hydrogens is 464 g/mol. The van der Waals surface area contributed by atoms with Crippen molar-refractivity contribution in [3.8, 4) is 11.6 Å². The Morgan fingerprint density at radius 1 is 1.11 bits per heavy atom. The van der Waals surface area contributed by atoms with Gasteiger partial charge in [0.2, 0.25) is 11.8 Å². The van der Waals surface area contributed by atoms with Gasteiger partial charge in [-0.1, -0.05) is 6.07 Å². The molecule has 0 bridgehead atoms. The third kappa shape index (κ3) is 4.48. The minimum absolute atomic E-state index is 0.0213. The van der Waals surface area contributed by atoms with Crippen LogP contribution < -0.4 is 14.4 Å². The van der Waals surface area contributed by atoms with Crippen molar-refractivity contribution in [1.29, 1.82) is 0 Å². The molecule has 1 aromatic carbocycles. The van der Waals surface area contributed by atoms with Crippen LogP contribution in [0, 0.1) is 5.92 Å². The summed E-state index contributed by atoms with van der Waals surface area (Å²) < 4.78 is 11.6. The zero-order valence-electron chi connectivity index (χ0n) is 19.8. The summed E-state index contributed by atoms with van der Waals surface area (Å²) >= 11 is 0. The summed E-state index contributed by atoms with van der Waals surface area (Å²) in [6.07, 6.45) is 3.41. The van der Waals surface area contributed by atoms with Crippen LogP contribution in [0.3, 0.4) is 0 Å². The Morgan fingerprint density at radius 2 is 1.94 bits per heavy atom. The normalized spacial score (nSPS) is 21.6. The molecule has 1 atom stereocenters. The molecule has 6 rings (SSSR count). The zero-order chi connectivity index (χ0) is 24.8. The van der Waals surface area contributed by atoms with E-state index in [1.54, 1.807) is 34.2 Å². The molecule has 188 valence electrons. The van der Waals surface area contributed by atoms with Gasteiger partial charge in [-0.05, 0) is 42.5 Å². The Labute approximate surface area is 208 Å². The van der Waals surface area contributed by atoms with E-state index in [1.165, 1.54) is 17.7 Å². The van der Waals surface area contributed by atoms with E-state index in [1.807, 2.05) is 12.1 Å². The number of hydrogen-bond acceptors (Lipinski definition) is 7.